The molecule has 0 radical (unpaired) electrons. The second-order valence-electron chi connectivity index (χ2n) is 4.64. The van der Waals surface area contributed by atoms with E-state index in [0.29, 0.717) is 6.61 Å². The Labute approximate surface area is 122 Å². The van der Waals surface area contributed by atoms with Gasteiger partial charge in [-0.25, -0.2) is 4.98 Å². The van der Waals surface area contributed by atoms with Gasteiger partial charge in [0.2, 0.25) is 0 Å². The molecule has 3 aromatic heterocycles. The molecule has 0 aliphatic carbocycles. The van der Waals surface area contributed by atoms with Crippen molar-refractivity contribution in [2.75, 3.05) is 25.6 Å². The van der Waals surface area contributed by atoms with Crippen molar-refractivity contribution in [1.29, 1.82) is 0 Å². The molecule has 0 fully saturated rings. The summed E-state index contributed by atoms with van der Waals surface area (Å²) in [5.74, 6) is 1.03. The Morgan fingerprint density at radius 2 is 2.30 bits per heavy atom. The molecule has 20 heavy (non-hydrogen) atoms. The number of imidazole rings is 1. The van der Waals surface area contributed by atoms with E-state index in [1.54, 1.807) is 18.4 Å². The van der Waals surface area contributed by atoms with Crippen LogP contribution < -0.4 is 5.32 Å². The summed E-state index contributed by atoms with van der Waals surface area (Å²) in [5.41, 5.74) is 3.18. The second-order valence-corrected chi connectivity index (χ2v) is 5.59. The highest BCUT2D eigenvalue weighted by Gasteiger charge is 2.14. The molecular weight excluding hydrogens is 270 g/mol. The summed E-state index contributed by atoms with van der Waals surface area (Å²) in [5, 5.41) is 5.50. The first-order valence-electron chi connectivity index (χ1n) is 6.55. The third-order valence-corrected chi connectivity index (χ3v) is 4.01. The van der Waals surface area contributed by atoms with Gasteiger partial charge in [-0.2, -0.15) is 0 Å². The van der Waals surface area contributed by atoms with Gasteiger partial charge in [-0.3, -0.25) is 4.40 Å². The number of ether oxygens (including phenoxy) is 1. The normalized spacial score (nSPS) is 11.1. The maximum atomic E-state index is 5.11. The van der Waals surface area contributed by atoms with Gasteiger partial charge >= 0.3 is 0 Å². The quantitative estimate of drug-likeness (QED) is 0.731. The van der Waals surface area contributed by atoms with E-state index in [0.717, 1.165) is 23.7 Å². The van der Waals surface area contributed by atoms with E-state index >= 15 is 0 Å². The number of nitrogens with zero attached hydrogens (tertiary/aromatic N) is 2. The number of aryl methyl sites for hydroxylation is 1. The fourth-order valence-corrected chi connectivity index (χ4v) is 2.89. The van der Waals surface area contributed by atoms with Crippen molar-refractivity contribution in [2.45, 2.75) is 6.92 Å². The number of thiophene rings is 1. The first kappa shape index (κ1) is 13.1. The van der Waals surface area contributed by atoms with Crippen molar-refractivity contribution in [3.63, 3.8) is 0 Å². The zero-order valence-electron chi connectivity index (χ0n) is 11.6. The molecule has 0 unspecified atom stereocenters. The fraction of sp³-hybridized carbons (Fsp3) is 0.267. The number of rotatable bonds is 5. The summed E-state index contributed by atoms with van der Waals surface area (Å²) < 4.78 is 7.21. The standard InChI is InChI=1S/C15H17N3OS/c1-11-5-7-18-13(10-11)17-14(12-4-3-9-20-12)15(18)16-6-8-19-2/h3-5,7,9-10,16H,6,8H2,1-2H3. The molecule has 0 aliphatic heterocycles. The van der Waals surface area contributed by atoms with E-state index in [4.69, 9.17) is 9.72 Å². The monoisotopic (exact) mass is 287 g/mol. The minimum Gasteiger partial charge on any atom is -0.383 e. The average Bonchev–Trinajstić information content (AvgIpc) is 3.06. The highest BCUT2D eigenvalue weighted by molar-refractivity contribution is 7.13. The molecule has 3 heterocycles. The smallest absolute Gasteiger partial charge is 0.139 e. The molecule has 104 valence electrons. The largest absolute Gasteiger partial charge is 0.383 e. The van der Waals surface area contributed by atoms with E-state index < -0.39 is 0 Å². The van der Waals surface area contributed by atoms with E-state index in [1.165, 1.54) is 10.4 Å². The number of anilines is 1. The van der Waals surface area contributed by atoms with Gasteiger partial charge in [-0.15, -0.1) is 11.3 Å². The molecule has 0 saturated carbocycles. The van der Waals surface area contributed by atoms with Crippen LogP contribution >= 0.6 is 11.3 Å². The van der Waals surface area contributed by atoms with Crippen molar-refractivity contribution >= 4 is 22.8 Å². The topological polar surface area (TPSA) is 38.6 Å². The molecule has 0 aromatic carbocycles. The zero-order valence-corrected chi connectivity index (χ0v) is 12.4. The van der Waals surface area contributed by atoms with Gasteiger partial charge in [0.15, 0.2) is 0 Å². The summed E-state index contributed by atoms with van der Waals surface area (Å²) in [4.78, 5) is 5.94. The van der Waals surface area contributed by atoms with Crippen molar-refractivity contribution in [3.8, 4) is 10.6 Å². The van der Waals surface area contributed by atoms with Gasteiger partial charge in [-0.05, 0) is 36.1 Å². The van der Waals surface area contributed by atoms with E-state index in [1.807, 2.05) is 6.07 Å². The Bertz CT molecular complexity index is 703. The summed E-state index contributed by atoms with van der Waals surface area (Å²) >= 11 is 1.70. The Morgan fingerprint density at radius 1 is 1.40 bits per heavy atom. The van der Waals surface area contributed by atoms with Crippen molar-refractivity contribution in [2.24, 2.45) is 0 Å². The molecule has 0 bridgehead atoms. The maximum absolute atomic E-state index is 5.11. The number of nitrogens with one attached hydrogen (secondary N) is 1. The van der Waals surface area contributed by atoms with Crippen LogP contribution in [0.25, 0.3) is 16.2 Å². The molecule has 3 aromatic rings. The predicted octanol–water partition coefficient (Wildman–Crippen LogP) is 3.43. The number of methoxy groups -OCH3 is 1. The molecule has 4 nitrogen and oxygen atoms in total. The van der Waals surface area contributed by atoms with E-state index in [-0.39, 0.29) is 0 Å². The summed E-state index contributed by atoms with van der Waals surface area (Å²) in [6.45, 7) is 3.51. The Hall–Kier alpha value is -1.85. The minimum atomic E-state index is 0.670. The predicted molar refractivity (Wildman–Crippen MR) is 83.6 cm³/mol. The SMILES string of the molecule is COCCNc1c(-c2cccs2)nc2cc(C)ccn12. The number of fused-ring (bicyclic) bond motifs is 1. The Morgan fingerprint density at radius 3 is 3.05 bits per heavy atom. The lowest BCUT2D eigenvalue weighted by atomic mass is 10.3. The fourth-order valence-electron chi connectivity index (χ4n) is 2.17. The van der Waals surface area contributed by atoms with Crippen molar-refractivity contribution in [1.82, 2.24) is 9.38 Å². The highest BCUT2D eigenvalue weighted by Crippen LogP contribution is 2.31. The van der Waals surface area contributed by atoms with Crippen LogP contribution in [0.3, 0.4) is 0 Å². The Kier molecular flexibility index (Phi) is 3.71. The van der Waals surface area contributed by atoms with Gasteiger partial charge in [0.05, 0.1) is 11.5 Å². The minimum absolute atomic E-state index is 0.670. The summed E-state index contributed by atoms with van der Waals surface area (Å²) in [6.07, 6.45) is 2.06. The lowest BCUT2D eigenvalue weighted by molar-refractivity contribution is 0.210. The molecule has 0 atom stereocenters. The molecule has 3 rings (SSSR count). The third kappa shape index (κ3) is 2.42. The molecule has 1 N–H and O–H groups in total. The summed E-state index contributed by atoms with van der Waals surface area (Å²) in [7, 11) is 1.71. The van der Waals surface area contributed by atoms with Crippen LogP contribution in [0, 0.1) is 6.92 Å². The van der Waals surface area contributed by atoms with Crippen LogP contribution in [-0.2, 0) is 4.74 Å². The lowest BCUT2D eigenvalue weighted by Crippen LogP contribution is -2.09. The molecule has 0 amide bonds. The van der Waals surface area contributed by atoms with Gasteiger partial charge < -0.3 is 10.1 Å². The second kappa shape index (κ2) is 5.64. The first-order chi connectivity index (χ1) is 9.79. The first-order valence-corrected chi connectivity index (χ1v) is 7.43. The van der Waals surface area contributed by atoms with Crippen LogP contribution in [0.1, 0.15) is 5.56 Å². The van der Waals surface area contributed by atoms with Crippen LogP contribution in [0.4, 0.5) is 5.82 Å². The number of hydrogen-bond donors (Lipinski definition) is 1. The highest BCUT2D eigenvalue weighted by atomic mass is 32.1. The van der Waals surface area contributed by atoms with Gasteiger partial charge in [-0.1, -0.05) is 6.07 Å². The lowest BCUT2D eigenvalue weighted by Gasteiger charge is -2.07. The summed E-state index contributed by atoms with van der Waals surface area (Å²) in [6, 6.07) is 8.34. The molecule has 0 spiro atoms. The van der Waals surface area contributed by atoms with Crippen LogP contribution in [0.2, 0.25) is 0 Å². The number of pyridine rings is 1. The van der Waals surface area contributed by atoms with Crippen LogP contribution in [0.15, 0.2) is 35.8 Å². The zero-order chi connectivity index (χ0) is 13.9. The van der Waals surface area contributed by atoms with Gasteiger partial charge in [0, 0.05) is 19.9 Å². The molecule has 5 heteroatoms. The average molecular weight is 287 g/mol. The Balaban J connectivity index is 2.09. The van der Waals surface area contributed by atoms with E-state index in [2.05, 4.69) is 46.4 Å². The van der Waals surface area contributed by atoms with Gasteiger partial charge in [0.25, 0.3) is 0 Å². The van der Waals surface area contributed by atoms with Gasteiger partial charge in [0.1, 0.15) is 17.2 Å². The molecular formula is C15H17N3OS. The molecule has 0 aliphatic rings. The van der Waals surface area contributed by atoms with Crippen LogP contribution in [-0.4, -0.2) is 29.6 Å². The third-order valence-electron chi connectivity index (χ3n) is 3.13. The molecule has 0 saturated heterocycles. The van der Waals surface area contributed by atoms with Crippen molar-refractivity contribution in [3.05, 3.63) is 41.4 Å². The van der Waals surface area contributed by atoms with E-state index in [9.17, 15) is 0 Å². The van der Waals surface area contributed by atoms with Crippen molar-refractivity contribution < 1.29 is 4.74 Å². The van der Waals surface area contributed by atoms with Crippen LogP contribution in [0.5, 0.6) is 0 Å². The number of hydrogen-bond acceptors (Lipinski definition) is 4. The maximum Gasteiger partial charge on any atom is 0.139 e. The number of aromatic nitrogens is 2.